The second-order valence-corrected chi connectivity index (χ2v) is 5.88. The van der Waals surface area contributed by atoms with E-state index >= 15 is 0 Å². The number of hydrogen-bond donors (Lipinski definition) is 3. The molecule has 0 aliphatic heterocycles. The first-order valence-corrected chi connectivity index (χ1v) is 7.56. The second-order valence-electron chi connectivity index (χ2n) is 4.85. The van der Waals surface area contributed by atoms with Crippen molar-refractivity contribution in [3.8, 4) is 0 Å². The molecule has 1 heterocycles. The van der Waals surface area contributed by atoms with Crippen LogP contribution in [0.1, 0.15) is 15.9 Å². The number of benzene rings is 2. The van der Waals surface area contributed by atoms with Crippen molar-refractivity contribution in [1.29, 1.82) is 0 Å². The van der Waals surface area contributed by atoms with E-state index in [1.807, 2.05) is 43.3 Å². The van der Waals surface area contributed by atoms with E-state index in [0.717, 1.165) is 15.8 Å². The van der Waals surface area contributed by atoms with Gasteiger partial charge in [0.25, 0.3) is 11.0 Å². The molecule has 6 heteroatoms. The maximum Gasteiger partial charge on any atom is 0.312 e. The molecule has 3 rings (SSSR count). The summed E-state index contributed by atoms with van der Waals surface area (Å²) < 4.78 is 1.06. The van der Waals surface area contributed by atoms with Crippen molar-refractivity contribution in [2.24, 2.45) is 5.73 Å². The number of para-hydroxylation sites is 1. The number of nitrogens with zero attached hydrogens (tertiary/aromatic N) is 1. The first kappa shape index (κ1) is 14.2. The Kier molecular flexibility index (Phi) is 3.84. The van der Waals surface area contributed by atoms with Gasteiger partial charge in [0.2, 0.25) is 0 Å². The van der Waals surface area contributed by atoms with Gasteiger partial charge in [-0.25, -0.2) is 10.3 Å². The lowest BCUT2D eigenvalue weighted by atomic mass is 10.1. The Bertz CT molecular complexity index is 836. The highest BCUT2D eigenvalue weighted by atomic mass is 32.1. The highest BCUT2D eigenvalue weighted by Crippen LogP contribution is 2.21. The van der Waals surface area contributed by atoms with E-state index in [2.05, 4.69) is 15.3 Å². The van der Waals surface area contributed by atoms with Gasteiger partial charge in [-0.15, -0.1) is 4.98 Å². The number of aromatic nitrogens is 1. The van der Waals surface area contributed by atoms with Crippen LogP contribution in [0.25, 0.3) is 10.2 Å². The monoisotopic (exact) mass is 311 g/mol. The van der Waals surface area contributed by atoms with Crippen LogP contribution in [0.15, 0.2) is 48.5 Å². The quantitative estimate of drug-likeness (QED) is 0.489. The third-order valence-electron chi connectivity index (χ3n) is 3.06. The fourth-order valence-corrected chi connectivity index (χ4v) is 2.93. The van der Waals surface area contributed by atoms with Crippen molar-refractivity contribution in [3.05, 3.63) is 59.7 Å². The summed E-state index contributed by atoms with van der Waals surface area (Å²) in [4.78, 5) is 19.4. The molecule has 0 aliphatic rings. The van der Waals surface area contributed by atoms with E-state index in [1.165, 1.54) is 11.3 Å². The van der Waals surface area contributed by atoms with E-state index in [1.54, 1.807) is 12.1 Å². The molecule has 0 bridgehead atoms. The van der Waals surface area contributed by atoms with Crippen molar-refractivity contribution >= 4 is 38.6 Å². The Hall–Kier alpha value is -2.73. The number of hydrogen-bond acceptors (Lipinski definition) is 3. The van der Waals surface area contributed by atoms with E-state index in [0.29, 0.717) is 10.7 Å². The van der Waals surface area contributed by atoms with Crippen LogP contribution in [0, 0.1) is 6.92 Å². The average molecular weight is 311 g/mol. The molecule has 2 aromatic carbocycles. The number of rotatable bonds is 2. The van der Waals surface area contributed by atoms with Crippen molar-refractivity contribution in [2.75, 3.05) is 0 Å². The van der Waals surface area contributed by atoms with Crippen LogP contribution in [0.4, 0.5) is 5.13 Å². The van der Waals surface area contributed by atoms with Gasteiger partial charge >= 0.3 is 5.96 Å². The number of carbonyl (C=O) groups excluding carboxylic acids is 1. The molecule has 0 saturated carbocycles. The van der Waals surface area contributed by atoms with Gasteiger partial charge in [-0.3, -0.25) is 4.79 Å². The van der Waals surface area contributed by atoms with Gasteiger partial charge in [0, 0.05) is 0 Å². The SMILES string of the molecule is Cc1cccc(C(=O)NC(N)=[NH+]c2nc3ccccc3s2)c1. The van der Waals surface area contributed by atoms with Crippen molar-refractivity contribution in [3.63, 3.8) is 0 Å². The Balaban J connectivity index is 1.78. The molecule has 0 radical (unpaired) electrons. The number of carbonyl (C=O) groups is 1. The van der Waals surface area contributed by atoms with E-state index in [-0.39, 0.29) is 11.9 Å². The summed E-state index contributed by atoms with van der Waals surface area (Å²) in [5.41, 5.74) is 8.32. The van der Waals surface area contributed by atoms with Crippen LogP contribution >= 0.6 is 11.3 Å². The number of nitrogens with two attached hydrogens (primary N) is 1. The van der Waals surface area contributed by atoms with Crippen LogP contribution in [-0.2, 0) is 0 Å². The molecule has 0 fully saturated rings. The molecule has 1 aromatic heterocycles. The fraction of sp³-hybridized carbons (Fsp3) is 0.0625. The molecule has 0 atom stereocenters. The van der Waals surface area contributed by atoms with Crippen LogP contribution in [0.5, 0.6) is 0 Å². The van der Waals surface area contributed by atoms with Gasteiger partial charge < -0.3 is 5.73 Å². The van der Waals surface area contributed by atoms with Gasteiger partial charge in [-0.1, -0.05) is 41.2 Å². The molecule has 22 heavy (non-hydrogen) atoms. The maximum atomic E-state index is 12.1. The summed E-state index contributed by atoms with van der Waals surface area (Å²) in [5, 5.41) is 3.27. The van der Waals surface area contributed by atoms with Crippen molar-refractivity contribution in [2.45, 2.75) is 6.92 Å². The van der Waals surface area contributed by atoms with E-state index in [9.17, 15) is 4.79 Å². The highest BCUT2D eigenvalue weighted by molar-refractivity contribution is 7.21. The molecular weight excluding hydrogens is 296 g/mol. The Morgan fingerprint density at radius 1 is 1.23 bits per heavy atom. The minimum absolute atomic E-state index is 0.158. The highest BCUT2D eigenvalue weighted by Gasteiger charge is 2.12. The van der Waals surface area contributed by atoms with Crippen LogP contribution in [0.3, 0.4) is 0 Å². The zero-order chi connectivity index (χ0) is 15.5. The Morgan fingerprint density at radius 2 is 2.05 bits per heavy atom. The number of nitrogens with one attached hydrogen (secondary N) is 2. The van der Waals surface area contributed by atoms with Crippen LogP contribution < -0.4 is 16.0 Å². The number of guanidine groups is 1. The number of thiazole rings is 1. The molecule has 1 amide bonds. The zero-order valence-electron chi connectivity index (χ0n) is 12.0. The summed E-state index contributed by atoms with van der Waals surface area (Å²) in [6.45, 7) is 1.93. The standard InChI is InChI=1S/C16H14N4OS/c1-10-5-4-6-11(9-10)14(21)19-15(17)20-16-18-12-7-2-3-8-13(12)22-16/h2-9H,1H3,(H3,17,18,19,20,21)/p+1. The van der Waals surface area contributed by atoms with Gasteiger partial charge in [0.1, 0.15) is 5.52 Å². The van der Waals surface area contributed by atoms with Gasteiger partial charge in [-0.2, -0.15) is 0 Å². The minimum atomic E-state index is -0.255. The summed E-state index contributed by atoms with van der Waals surface area (Å²) in [6, 6.07) is 15.1. The Labute approximate surface area is 131 Å². The predicted molar refractivity (Wildman–Crippen MR) is 88.1 cm³/mol. The fourth-order valence-electron chi connectivity index (χ4n) is 2.05. The van der Waals surface area contributed by atoms with E-state index < -0.39 is 0 Å². The lowest BCUT2D eigenvalue weighted by Gasteiger charge is -2.00. The Morgan fingerprint density at radius 3 is 2.82 bits per heavy atom. The topological polar surface area (TPSA) is 82.0 Å². The molecule has 3 aromatic rings. The van der Waals surface area contributed by atoms with Gasteiger partial charge in [0.05, 0.1) is 10.3 Å². The normalized spacial score (nSPS) is 11.6. The summed E-state index contributed by atoms with van der Waals surface area (Å²) in [6.07, 6.45) is 0. The zero-order valence-corrected chi connectivity index (χ0v) is 12.8. The first-order chi connectivity index (χ1) is 10.6. The number of aryl methyl sites for hydroxylation is 1. The van der Waals surface area contributed by atoms with Crippen molar-refractivity contribution < 1.29 is 9.79 Å². The lowest BCUT2D eigenvalue weighted by Crippen LogP contribution is -2.74. The van der Waals surface area contributed by atoms with E-state index in [4.69, 9.17) is 5.73 Å². The summed E-state index contributed by atoms with van der Waals surface area (Å²) >= 11 is 1.48. The smallest absolute Gasteiger partial charge is 0.310 e. The van der Waals surface area contributed by atoms with Crippen LogP contribution in [0.2, 0.25) is 0 Å². The largest absolute Gasteiger partial charge is 0.312 e. The molecule has 5 nitrogen and oxygen atoms in total. The molecule has 0 saturated heterocycles. The lowest BCUT2D eigenvalue weighted by molar-refractivity contribution is -0.356. The number of fused-ring (bicyclic) bond motifs is 1. The molecule has 0 spiro atoms. The third-order valence-corrected chi connectivity index (χ3v) is 4.02. The summed E-state index contributed by atoms with van der Waals surface area (Å²) in [7, 11) is 0. The summed E-state index contributed by atoms with van der Waals surface area (Å²) in [5.74, 6) is -0.0969. The molecule has 110 valence electrons. The maximum absolute atomic E-state index is 12.1. The van der Waals surface area contributed by atoms with Gasteiger partial charge in [0.15, 0.2) is 0 Å². The third kappa shape index (κ3) is 3.12. The molecule has 4 N–H and O–H groups in total. The molecular formula is C16H15N4OS+. The number of amides is 1. The second kappa shape index (κ2) is 5.95. The average Bonchev–Trinajstić information content (AvgIpc) is 2.89. The van der Waals surface area contributed by atoms with Crippen LogP contribution in [-0.4, -0.2) is 16.9 Å². The van der Waals surface area contributed by atoms with Gasteiger partial charge in [-0.05, 0) is 31.2 Å². The predicted octanol–water partition coefficient (Wildman–Crippen LogP) is 1.06. The van der Waals surface area contributed by atoms with Crippen molar-refractivity contribution in [1.82, 2.24) is 10.3 Å². The molecule has 0 aliphatic carbocycles. The molecule has 0 unspecified atom stereocenters. The first-order valence-electron chi connectivity index (χ1n) is 6.75. The minimum Gasteiger partial charge on any atom is -0.310 e.